The summed E-state index contributed by atoms with van der Waals surface area (Å²) < 4.78 is 11.1. The Morgan fingerprint density at radius 2 is 1.97 bits per heavy atom. The number of nitrogens with one attached hydrogen (secondary N) is 1. The first kappa shape index (κ1) is 24.5. The van der Waals surface area contributed by atoms with E-state index in [1.807, 2.05) is 42.5 Å². The lowest BCUT2D eigenvalue weighted by Gasteiger charge is -2.27. The molecule has 0 spiro atoms. The molecule has 0 saturated carbocycles. The van der Waals surface area contributed by atoms with Crippen molar-refractivity contribution in [2.45, 2.75) is 43.8 Å². The number of ether oxygens (including phenoxy) is 1. The van der Waals surface area contributed by atoms with Gasteiger partial charge in [-0.25, -0.2) is 9.78 Å². The Labute approximate surface area is 217 Å². The van der Waals surface area contributed by atoms with Gasteiger partial charge in [0.05, 0.1) is 17.4 Å². The smallest absolute Gasteiger partial charge is 0.341 e. The molecule has 4 aromatic rings. The van der Waals surface area contributed by atoms with Gasteiger partial charge in [0.1, 0.15) is 10.5 Å². The second kappa shape index (κ2) is 10.9. The molecule has 1 aliphatic heterocycles. The van der Waals surface area contributed by atoms with E-state index in [0.29, 0.717) is 21.4 Å². The second-order valence-corrected chi connectivity index (χ2v) is 11.0. The van der Waals surface area contributed by atoms with Gasteiger partial charge in [-0.05, 0) is 43.5 Å². The van der Waals surface area contributed by atoms with E-state index in [0.717, 1.165) is 42.0 Å². The molecule has 0 unspecified atom stereocenters. The molecule has 36 heavy (non-hydrogen) atoms. The van der Waals surface area contributed by atoms with E-state index in [1.165, 1.54) is 28.7 Å². The number of thiophene rings is 1. The summed E-state index contributed by atoms with van der Waals surface area (Å²) >= 11 is 2.71. The lowest BCUT2D eigenvalue weighted by atomic mass is 10.0. The SMILES string of the molecule is CCOC(=O)c1c(NC(=O)[C@@H](C)Sc2nc3ccccc3o2)sc2c1CCN(Cc1ccccc1)C2. The van der Waals surface area contributed by atoms with E-state index in [2.05, 4.69) is 27.3 Å². The predicted octanol–water partition coefficient (Wildman–Crippen LogP) is 5.74. The average Bonchev–Trinajstić information content (AvgIpc) is 3.44. The van der Waals surface area contributed by atoms with Crippen LogP contribution in [0.15, 0.2) is 64.2 Å². The van der Waals surface area contributed by atoms with Crippen molar-refractivity contribution < 1.29 is 18.7 Å². The van der Waals surface area contributed by atoms with Crippen molar-refractivity contribution in [1.29, 1.82) is 0 Å². The van der Waals surface area contributed by atoms with Crippen molar-refractivity contribution >= 4 is 51.1 Å². The Balaban J connectivity index is 1.33. The number of hydrogen-bond donors (Lipinski definition) is 1. The summed E-state index contributed by atoms with van der Waals surface area (Å²) in [6, 6.07) is 17.8. The van der Waals surface area contributed by atoms with Crippen LogP contribution in [0.3, 0.4) is 0 Å². The number of amides is 1. The molecule has 2 aromatic heterocycles. The van der Waals surface area contributed by atoms with Crippen molar-refractivity contribution in [3.63, 3.8) is 0 Å². The molecular formula is C27H27N3O4S2. The van der Waals surface area contributed by atoms with Gasteiger partial charge in [-0.3, -0.25) is 9.69 Å². The summed E-state index contributed by atoms with van der Waals surface area (Å²) in [5, 5.41) is 3.51. The van der Waals surface area contributed by atoms with Gasteiger partial charge in [-0.15, -0.1) is 11.3 Å². The van der Waals surface area contributed by atoms with Gasteiger partial charge in [0, 0.05) is 24.5 Å². The number of fused-ring (bicyclic) bond motifs is 2. The largest absolute Gasteiger partial charge is 0.462 e. The average molecular weight is 522 g/mol. The molecular weight excluding hydrogens is 494 g/mol. The summed E-state index contributed by atoms with van der Waals surface area (Å²) in [4.78, 5) is 33.9. The Morgan fingerprint density at radius 1 is 1.19 bits per heavy atom. The molecule has 1 atom stereocenters. The Bertz CT molecular complexity index is 1350. The predicted molar refractivity (Wildman–Crippen MR) is 142 cm³/mol. The first-order valence-corrected chi connectivity index (χ1v) is 13.6. The number of nitrogens with zero attached hydrogens (tertiary/aromatic N) is 2. The lowest BCUT2D eigenvalue weighted by Crippen LogP contribution is -2.30. The highest BCUT2D eigenvalue weighted by Crippen LogP contribution is 2.38. The third kappa shape index (κ3) is 5.33. The number of benzene rings is 2. The highest BCUT2D eigenvalue weighted by atomic mass is 32.2. The van der Waals surface area contributed by atoms with Crippen LogP contribution in [0.2, 0.25) is 0 Å². The summed E-state index contributed by atoms with van der Waals surface area (Å²) in [5.74, 6) is -0.603. The molecule has 1 aliphatic rings. The zero-order valence-corrected chi connectivity index (χ0v) is 21.8. The standard InChI is InChI=1S/C27H27N3O4S2/c1-3-33-26(32)23-19-13-14-30(15-18-9-5-4-6-10-18)16-22(19)36-25(23)29-24(31)17(2)35-27-28-20-11-7-8-12-21(20)34-27/h4-12,17H,3,13-16H2,1-2H3,(H,29,31)/t17-/m1/s1. The highest BCUT2D eigenvalue weighted by Gasteiger charge is 2.30. The van der Waals surface area contributed by atoms with E-state index in [-0.39, 0.29) is 18.5 Å². The monoisotopic (exact) mass is 521 g/mol. The lowest BCUT2D eigenvalue weighted by molar-refractivity contribution is -0.115. The number of hydrogen-bond acceptors (Lipinski definition) is 8. The maximum atomic E-state index is 13.1. The van der Waals surface area contributed by atoms with Gasteiger partial charge in [-0.1, -0.05) is 54.2 Å². The number of oxazole rings is 1. The number of anilines is 1. The van der Waals surface area contributed by atoms with E-state index in [1.54, 1.807) is 13.8 Å². The van der Waals surface area contributed by atoms with Crippen molar-refractivity contribution in [2.75, 3.05) is 18.5 Å². The van der Waals surface area contributed by atoms with E-state index in [4.69, 9.17) is 9.15 Å². The normalized spacial score (nSPS) is 14.4. The number of esters is 1. The third-order valence-corrected chi connectivity index (χ3v) is 8.10. The Kier molecular flexibility index (Phi) is 7.41. The molecule has 5 rings (SSSR count). The summed E-state index contributed by atoms with van der Waals surface area (Å²) in [6.45, 7) is 6.27. The molecule has 0 fully saturated rings. The first-order valence-electron chi connectivity index (χ1n) is 11.9. The number of rotatable bonds is 8. The molecule has 2 aromatic carbocycles. The molecule has 1 amide bonds. The van der Waals surface area contributed by atoms with Gasteiger partial charge in [0.2, 0.25) is 5.91 Å². The zero-order chi connectivity index (χ0) is 25.1. The van der Waals surface area contributed by atoms with Crippen LogP contribution in [0.1, 0.15) is 40.2 Å². The molecule has 0 saturated heterocycles. The van der Waals surface area contributed by atoms with Gasteiger partial charge < -0.3 is 14.5 Å². The van der Waals surface area contributed by atoms with Crippen LogP contribution in [0.5, 0.6) is 0 Å². The van der Waals surface area contributed by atoms with Gasteiger partial charge in [-0.2, -0.15) is 0 Å². The van der Waals surface area contributed by atoms with E-state index >= 15 is 0 Å². The van der Waals surface area contributed by atoms with Crippen molar-refractivity contribution in [1.82, 2.24) is 9.88 Å². The van der Waals surface area contributed by atoms with Gasteiger partial charge >= 0.3 is 5.97 Å². The minimum absolute atomic E-state index is 0.215. The van der Waals surface area contributed by atoms with Crippen LogP contribution in [-0.4, -0.2) is 40.2 Å². The number of carbonyl (C=O) groups excluding carboxylic acids is 2. The number of aromatic nitrogens is 1. The van der Waals surface area contributed by atoms with E-state index < -0.39 is 5.25 Å². The topological polar surface area (TPSA) is 84.7 Å². The molecule has 3 heterocycles. The summed E-state index contributed by atoms with van der Waals surface area (Å²) in [7, 11) is 0. The minimum atomic E-state index is -0.471. The highest BCUT2D eigenvalue weighted by molar-refractivity contribution is 8.00. The Hall–Kier alpha value is -3.14. The van der Waals surface area contributed by atoms with Crippen molar-refractivity contribution in [3.8, 4) is 0 Å². The fourth-order valence-electron chi connectivity index (χ4n) is 4.26. The molecule has 0 bridgehead atoms. The van der Waals surface area contributed by atoms with Crippen LogP contribution >= 0.6 is 23.1 Å². The summed E-state index contributed by atoms with van der Waals surface area (Å²) in [6.07, 6.45) is 0.732. The van der Waals surface area contributed by atoms with Crippen LogP contribution in [0, 0.1) is 0 Å². The van der Waals surface area contributed by atoms with Crippen LogP contribution in [0.25, 0.3) is 11.1 Å². The van der Waals surface area contributed by atoms with Crippen molar-refractivity contribution in [3.05, 3.63) is 76.2 Å². The maximum Gasteiger partial charge on any atom is 0.341 e. The number of carbonyl (C=O) groups is 2. The Morgan fingerprint density at radius 3 is 2.75 bits per heavy atom. The van der Waals surface area contributed by atoms with E-state index in [9.17, 15) is 9.59 Å². The molecule has 0 radical (unpaired) electrons. The van der Waals surface area contributed by atoms with Crippen LogP contribution in [0.4, 0.5) is 5.00 Å². The maximum absolute atomic E-state index is 13.1. The first-order chi connectivity index (χ1) is 17.5. The molecule has 7 nitrogen and oxygen atoms in total. The van der Waals surface area contributed by atoms with Crippen molar-refractivity contribution in [2.24, 2.45) is 0 Å². The van der Waals surface area contributed by atoms with Crippen LogP contribution < -0.4 is 5.32 Å². The minimum Gasteiger partial charge on any atom is -0.462 e. The third-order valence-electron chi connectivity index (χ3n) is 6.02. The number of para-hydroxylation sites is 2. The number of thioether (sulfide) groups is 1. The molecule has 9 heteroatoms. The van der Waals surface area contributed by atoms with Gasteiger partial charge in [0.15, 0.2) is 5.58 Å². The zero-order valence-electron chi connectivity index (χ0n) is 20.2. The molecule has 0 aliphatic carbocycles. The summed E-state index contributed by atoms with van der Waals surface area (Å²) in [5.41, 5.74) is 4.16. The molecule has 186 valence electrons. The van der Waals surface area contributed by atoms with Crippen LogP contribution in [-0.2, 0) is 29.0 Å². The fraction of sp³-hybridized carbons (Fsp3) is 0.296. The molecule has 1 N–H and O–H groups in total. The quantitative estimate of drug-likeness (QED) is 0.234. The van der Waals surface area contributed by atoms with Gasteiger partial charge in [0.25, 0.3) is 5.22 Å². The fourth-order valence-corrected chi connectivity index (χ4v) is 6.30. The second-order valence-electron chi connectivity index (χ2n) is 8.57.